The van der Waals surface area contributed by atoms with E-state index in [2.05, 4.69) is 120 Å². The number of benzene rings is 2. The fourth-order valence-corrected chi connectivity index (χ4v) is 4.13. The minimum Gasteiger partial charge on any atom is -0.493 e. The van der Waals surface area contributed by atoms with Gasteiger partial charge >= 0.3 is 0 Å². The summed E-state index contributed by atoms with van der Waals surface area (Å²) >= 11 is 0. The lowest BCUT2D eigenvalue weighted by Gasteiger charge is -2.09. The molecule has 2 aromatic rings. The van der Waals surface area contributed by atoms with Crippen molar-refractivity contribution in [2.24, 2.45) is 11.8 Å². The van der Waals surface area contributed by atoms with Crippen molar-refractivity contribution in [1.29, 1.82) is 0 Å². The Morgan fingerprint density at radius 1 is 0.556 bits per heavy atom. The van der Waals surface area contributed by atoms with E-state index in [1.54, 1.807) is 0 Å². The van der Waals surface area contributed by atoms with Gasteiger partial charge in [0.25, 0.3) is 0 Å². The van der Waals surface area contributed by atoms with Crippen molar-refractivity contribution >= 4 is 0 Å². The third kappa shape index (κ3) is 9.37. The monoisotopic (exact) mass is 482 g/mol. The van der Waals surface area contributed by atoms with Crippen LogP contribution < -0.4 is 20.1 Å². The van der Waals surface area contributed by atoms with Gasteiger partial charge in [-0.3, -0.25) is 0 Å². The molecule has 2 aliphatic carbocycles. The molecule has 0 radical (unpaired) electrons. The molecule has 0 spiro atoms. The van der Waals surface area contributed by atoms with Gasteiger partial charge in [-0.05, 0) is 48.2 Å². The van der Waals surface area contributed by atoms with Gasteiger partial charge in [0.1, 0.15) is 11.5 Å². The van der Waals surface area contributed by atoms with E-state index >= 15 is 0 Å². The lowest BCUT2D eigenvalue weighted by atomic mass is 10.1. The summed E-state index contributed by atoms with van der Waals surface area (Å²) in [5.74, 6) is 2.88. The summed E-state index contributed by atoms with van der Waals surface area (Å²) < 4.78 is 11.7. The van der Waals surface area contributed by atoms with Gasteiger partial charge in [-0.25, -0.2) is 0 Å². The van der Waals surface area contributed by atoms with Gasteiger partial charge < -0.3 is 20.1 Å². The highest BCUT2D eigenvalue weighted by Gasteiger charge is 2.04. The molecule has 0 aliphatic heterocycles. The quantitative estimate of drug-likeness (QED) is 0.223. The minimum absolute atomic E-state index is 0.522. The summed E-state index contributed by atoms with van der Waals surface area (Å²) in [7, 11) is 0. The van der Waals surface area contributed by atoms with Crippen molar-refractivity contribution in [2.45, 2.75) is 25.9 Å². The predicted molar refractivity (Wildman–Crippen MR) is 149 cm³/mol. The maximum atomic E-state index is 5.86. The summed E-state index contributed by atoms with van der Waals surface area (Å²) in [6.45, 7) is 5.06. The van der Waals surface area contributed by atoms with E-state index in [1.165, 1.54) is 11.1 Å². The smallest absolute Gasteiger partial charge is 0.119 e. The molecule has 2 aromatic carbocycles. The maximum absolute atomic E-state index is 5.86. The van der Waals surface area contributed by atoms with Crippen molar-refractivity contribution in [3.05, 3.63) is 120 Å². The van der Waals surface area contributed by atoms with E-state index in [4.69, 9.17) is 9.47 Å². The van der Waals surface area contributed by atoms with Gasteiger partial charge in [0.2, 0.25) is 0 Å². The molecule has 0 unspecified atom stereocenters. The largest absolute Gasteiger partial charge is 0.493 e. The molecule has 2 N–H and O–H groups in total. The van der Waals surface area contributed by atoms with Gasteiger partial charge in [-0.2, -0.15) is 0 Å². The molecule has 4 heteroatoms. The van der Waals surface area contributed by atoms with E-state index in [0.717, 1.165) is 50.5 Å². The molecule has 0 fully saturated rings. The Balaban J connectivity index is 1.01. The van der Waals surface area contributed by atoms with Crippen LogP contribution >= 0.6 is 0 Å². The van der Waals surface area contributed by atoms with Crippen LogP contribution in [0.5, 0.6) is 11.5 Å². The second kappa shape index (κ2) is 14.9. The fraction of sp³-hybridized carbons (Fsp3) is 0.312. The highest BCUT2D eigenvalue weighted by molar-refractivity contribution is 5.28. The Hall–Kier alpha value is -3.34. The first-order valence-electron chi connectivity index (χ1n) is 13.0. The van der Waals surface area contributed by atoms with Crippen molar-refractivity contribution in [1.82, 2.24) is 10.6 Å². The predicted octanol–water partition coefficient (Wildman–Crippen LogP) is 6.14. The molecule has 0 atom stereocenters. The molecule has 4 nitrogen and oxygen atoms in total. The van der Waals surface area contributed by atoms with Crippen LogP contribution in [0.15, 0.2) is 109 Å². The zero-order valence-electron chi connectivity index (χ0n) is 21.0. The topological polar surface area (TPSA) is 42.5 Å². The maximum Gasteiger partial charge on any atom is 0.119 e. The molecule has 0 saturated carbocycles. The standard InChI is InChI=1S/C32H38N2O2/c1(7-21-35-31-17-13-29(14-18-31)25-33-23-27-9-3-4-10-27)2-8-22-36-32-19-15-30(16-20-32)26-34-24-28-11-5-6-12-28/h1-6,9-20,27-28,33-34H,7-8,21-26H2/b2-1+. The van der Waals surface area contributed by atoms with Crippen molar-refractivity contribution in [3.8, 4) is 11.5 Å². The Morgan fingerprint density at radius 2 is 0.944 bits per heavy atom. The van der Waals surface area contributed by atoms with Crippen LogP contribution in [0, 0.1) is 11.8 Å². The molecule has 0 bridgehead atoms. The number of allylic oxidation sites excluding steroid dienone is 4. The molecule has 188 valence electrons. The molecule has 0 heterocycles. The Kier molecular flexibility index (Phi) is 10.7. The van der Waals surface area contributed by atoms with Crippen LogP contribution in [-0.2, 0) is 13.1 Å². The number of nitrogens with one attached hydrogen (secondary N) is 2. The molecular weight excluding hydrogens is 444 g/mol. The number of hydrogen-bond donors (Lipinski definition) is 2. The van der Waals surface area contributed by atoms with Gasteiger partial charge in [-0.15, -0.1) is 0 Å². The minimum atomic E-state index is 0.522. The lowest BCUT2D eigenvalue weighted by molar-refractivity contribution is 0.320. The number of ether oxygens (including phenoxy) is 2. The zero-order valence-corrected chi connectivity index (χ0v) is 21.0. The molecule has 0 saturated heterocycles. The van der Waals surface area contributed by atoms with E-state index in [1.807, 2.05) is 0 Å². The first kappa shape index (κ1) is 25.7. The summed E-state index contributed by atoms with van der Waals surface area (Å²) in [5, 5.41) is 7.00. The van der Waals surface area contributed by atoms with Crippen molar-refractivity contribution in [2.75, 3.05) is 26.3 Å². The summed E-state index contributed by atoms with van der Waals surface area (Å²) in [6.07, 6.45) is 23.4. The first-order valence-corrected chi connectivity index (χ1v) is 13.0. The molecule has 2 aliphatic rings. The highest BCUT2D eigenvalue weighted by atomic mass is 16.5. The second-order valence-electron chi connectivity index (χ2n) is 9.16. The molecular formula is C32H38N2O2. The number of hydrogen-bond acceptors (Lipinski definition) is 4. The average Bonchev–Trinajstić information content (AvgIpc) is 3.62. The summed E-state index contributed by atoms with van der Waals surface area (Å²) in [5.41, 5.74) is 2.54. The molecule has 0 aromatic heterocycles. The third-order valence-corrected chi connectivity index (χ3v) is 6.19. The van der Waals surface area contributed by atoms with Crippen LogP contribution in [0.1, 0.15) is 24.0 Å². The Bertz CT molecular complexity index is 939. The van der Waals surface area contributed by atoms with Crippen molar-refractivity contribution < 1.29 is 9.47 Å². The first-order chi connectivity index (χ1) is 17.8. The third-order valence-electron chi connectivity index (χ3n) is 6.19. The highest BCUT2D eigenvalue weighted by Crippen LogP contribution is 2.15. The van der Waals surface area contributed by atoms with E-state index in [-0.39, 0.29) is 0 Å². The van der Waals surface area contributed by atoms with Gasteiger partial charge in [-0.1, -0.05) is 85.0 Å². The molecule has 36 heavy (non-hydrogen) atoms. The zero-order chi connectivity index (χ0) is 24.7. The second-order valence-corrected chi connectivity index (χ2v) is 9.16. The van der Waals surface area contributed by atoms with Crippen LogP contribution in [0.4, 0.5) is 0 Å². The molecule has 4 rings (SSSR count). The van der Waals surface area contributed by atoms with Gasteiger partial charge in [0.05, 0.1) is 13.2 Å². The van der Waals surface area contributed by atoms with E-state index in [0.29, 0.717) is 25.0 Å². The molecule has 0 amide bonds. The Morgan fingerprint density at radius 3 is 1.33 bits per heavy atom. The summed E-state index contributed by atoms with van der Waals surface area (Å²) in [4.78, 5) is 0. The van der Waals surface area contributed by atoms with Crippen LogP contribution in [-0.4, -0.2) is 26.3 Å². The van der Waals surface area contributed by atoms with Crippen LogP contribution in [0.25, 0.3) is 0 Å². The van der Waals surface area contributed by atoms with E-state index in [9.17, 15) is 0 Å². The van der Waals surface area contributed by atoms with Crippen molar-refractivity contribution in [3.63, 3.8) is 0 Å². The van der Waals surface area contributed by atoms with Crippen LogP contribution in [0.2, 0.25) is 0 Å². The fourth-order valence-electron chi connectivity index (χ4n) is 4.13. The number of rotatable bonds is 16. The summed E-state index contributed by atoms with van der Waals surface area (Å²) in [6, 6.07) is 16.7. The average molecular weight is 483 g/mol. The van der Waals surface area contributed by atoms with Gasteiger partial charge in [0, 0.05) is 38.0 Å². The Labute approximate surface area is 216 Å². The van der Waals surface area contributed by atoms with E-state index < -0.39 is 0 Å². The van der Waals surface area contributed by atoms with Crippen LogP contribution in [0.3, 0.4) is 0 Å². The SMILES string of the molecule is C1=CC(CNCc2ccc(OCC/C=C/CCOc3ccc(CNCC4C=CC=C4)cc3)cc2)C=C1. The van der Waals surface area contributed by atoms with Gasteiger partial charge in [0.15, 0.2) is 0 Å². The lowest BCUT2D eigenvalue weighted by Crippen LogP contribution is -2.19. The normalized spacial score (nSPS) is 15.0.